The lowest BCUT2D eigenvalue weighted by Gasteiger charge is -2.09. The topological polar surface area (TPSA) is 22.4 Å². The van der Waals surface area contributed by atoms with Crippen molar-refractivity contribution in [2.24, 2.45) is 5.92 Å². The average molecular weight is 356 g/mol. The van der Waals surface area contributed by atoms with Gasteiger partial charge in [0.1, 0.15) is 0 Å². The van der Waals surface area contributed by atoms with Gasteiger partial charge in [-0.3, -0.25) is 0 Å². The van der Waals surface area contributed by atoms with E-state index >= 15 is 4.39 Å². The second-order valence-corrected chi connectivity index (χ2v) is 6.92. The number of ether oxygens (including phenoxy) is 1. The highest BCUT2D eigenvalue weighted by atomic mass is 19.1. The predicted molar refractivity (Wildman–Crippen MR) is 100 cm³/mol. The maximum absolute atomic E-state index is 15.2. The first-order chi connectivity index (χ1) is 12.6. The van der Waals surface area contributed by atoms with E-state index in [1.807, 2.05) is 6.07 Å². The molecule has 0 amide bonds. The molecule has 1 unspecified atom stereocenters. The fourth-order valence-electron chi connectivity index (χ4n) is 3.97. The van der Waals surface area contributed by atoms with Gasteiger partial charge in [-0.2, -0.15) is 4.39 Å². The lowest BCUT2D eigenvalue weighted by molar-refractivity contribution is 0.321. The first kappa shape index (κ1) is 17.1. The summed E-state index contributed by atoms with van der Waals surface area (Å²) >= 11 is 0. The van der Waals surface area contributed by atoms with Gasteiger partial charge in [-0.1, -0.05) is 31.9 Å². The van der Waals surface area contributed by atoms with Crippen LogP contribution in [-0.2, 0) is 0 Å². The van der Waals surface area contributed by atoms with E-state index in [4.69, 9.17) is 9.15 Å². The number of hydrogen-bond acceptors (Lipinski definition) is 2. The summed E-state index contributed by atoms with van der Waals surface area (Å²) in [4.78, 5) is 0. The van der Waals surface area contributed by atoms with Crippen LogP contribution in [0.4, 0.5) is 8.78 Å². The molecule has 4 heteroatoms. The van der Waals surface area contributed by atoms with E-state index < -0.39 is 11.6 Å². The normalized spacial score (nSPS) is 17.2. The zero-order valence-corrected chi connectivity index (χ0v) is 15.1. The van der Waals surface area contributed by atoms with Gasteiger partial charge >= 0.3 is 0 Å². The Labute approximate surface area is 151 Å². The van der Waals surface area contributed by atoms with E-state index in [-0.39, 0.29) is 16.9 Å². The maximum atomic E-state index is 15.2. The Hall–Kier alpha value is -2.36. The monoisotopic (exact) mass is 356 g/mol. The number of furan rings is 1. The smallest absolute Gasteiger partial charge is 0.208 e. The molecule has 3 aromatic rings. The van der Waals surface area contributed by atoms with Crippen molar-refractivity contribution in [1.82, 2.24) is 0 Å². The third-order valence-electron chi connectivity index (χ3n) is 5.20. The van der Waals surface area contributed by atoms with Gasteiger partial charge in [0.15, 0.2) is 22.7 Å². The van der Waals surface area contributed by atoms with Crippen LogP contribution in [0.15, 0.2) is 34.8 Å². The number of allylic oxidation sites excluding steroid dienone is 2. The van der Waals surface area contributed by atoms with Crippen molar-refractivity contribution < 1.29 is 17.9 Å². The van der Waals surface area contributed by atoms with Gasteiger partial charge in [0, 0.05) is 16.3 Å². The molecule has 2 aromatic carbocycles. The molecule has 0 radical (unpaired) electrons. The fourth-order valence-corrected chi connectivity index (χ4v) is 3.97. The molecule has 4 rings (SSSR count). The van der Waals surface area contributed by atoms with E-state index in [0.717, 1.165) is 31.3 Å². The lowest BCUT2D eigenvalue weighted by atomic mass is 9.96. The molecule has 0 saturated heterocycles. The van der Waals surface area contributed by atoms with Crippen LogP contribution >= 0.6 is 0 Å². The first-order valence-electron chi connectivity index (χ1n) is 9.29. The fraction of sp³-hybridized carbons (Fsp3) is 0.364. The van der Waals surface area contributed by atoms with E-state index in [1.165, 1.54) is 0 Å². The van der Waals surface area contributed by atoms with Crippen molar-refractivity contribution in [3.8, 4) is 5.75 Å². The van der Waals surface area contributed by atoms with E-state index in [9.17, 15) is 4.39 Å². The van der Waals surface area contributed by atoms with Crippen molar-refractivity contribution >= 4 is 27.5 Å². The lowest BCUT2D eigenvalue weighted by Crippen LogP contribution is -1.95. The number of rotatable bonds is 5. The molecule has 1 aliphatic carbocycles. The van der Waals surface area contributed by atoms with Gasteiger partial charge in [0.2, 0.25) is 5.82 Å². The summed E-state index contributed by atoms with van der Waals surface area (Å²) in [6.07, 6.45) is 6.30. The Morgan fingerprint density at radius 1 is 1.04 bits per heavy atom. The molecule has 1 aromatic heterocycles. The molecule has 0 aliphatic heterocycles. The van der Waals surface area contributed by atoms with Crippen LogP contribution in [0.1, 0.15) is 45.1 Å². The zero-order chi connectivity index (χ0) is 18.3. The summed E-state index contributed by atoms with van der Waals surface area (Å²) in [7, 11) is 0. The quantitative estimate of drug-likeness (QED) is 0.498. The first-order valence-corrected chi connectivity index (χ1v) is 9.29. The molecule has 2 nitrogen and oxygen atoms in total. The van der Waals surface area contributed by atoms with Crippen molar-refractivity contribution in [2.75, 3.05) is 6.61 Å². The molecule has 1 aliphatic rings. The molecule has 0 fully saturated rings. The minimum atomic E-state index is -0.579. The van der Waals surface area contributed by atoms with Crippen LogP contribution in [0.3, 0.4) is 0 Å². The minimum absolute atomic E-state index is 0.0475. The van der Waals surface area contributed by atoms with E-state index in [2.05, 4.69) is 13.0 Å². The Balaban J connectivity index is 1.81. The number of hydrogen-bond donors (Lipinski definition) is 0. The average Bonchev–Trinajstić information content (AvgIpc) is 3.24. The van der Waals surface area contributed by atoms with Crippen LogP contribution in [0.2, 0.25) is 0 Å². The van der Waals surface area contributed by atoms with Gasteiger partial charge in [-0.05, 0) is 49.5 Å². The number of fused-ring (bicyclic) bond motifs is 3. The van der Waals surface area contributed by atoms with Crippen LogP contribution in [0, 0.1) is 17.6 Å². The molecular formula is C22H22F2O2. The highest BCUT2D eigenvalue weighted by Gasteiger charge is 2.23. The molecule has 0 saturated carbocycles. The van der Waals surface area contributed by atoms with Crippen LogP contribution < -0.4 is 4.74 Å². The minimum Gasteiger partial charge on any atom is -0.491 e. The summed E-state index contributed by atoms with van der Waals surface area (Å²) in [5.41, 5.74) is 1.76. The van der Waals surface area contributed by atoms with Gasteiger partial charge in [0.25, 0.3) is 0 Å². The second-order valence-electron chi connectivity index (χ2n) is 6.92. The number of halogens is 2. The zero-order valence-electron chi connectivity index (χ0n) is 15.1. The highest BCUT2D eigenvalue weighted by Crippen LogP contribution is 2.40. The van der Waals surface area contributed by atoms with Crippen molar-refractivity contribution in [2.45, 2.75) is 39.5 Å². The summed E-state index contributed by atoms with van der Waals surface area (Å²) < 4.78 is 40.7. The molecular weight excluding hydrogens is 334 g/mol. The SMILES string of the molecule is CCCC1CC=C(c2ccc3c(oc4c(F)c(OCC)ccc43)c2F)C1. The largest absolute Gasteiger partial charge is 0.491 e. The molecule has 1 heterocycles. The van der Waals surface area contributed by atoms with Crippen LogP contribution in [-0.4, -0.2) is 6.61 Å². The molecule has 0 spiro atoms. The molecule has 26 heavy (non-hydrogen) atoms. The third-order valence-corrected chi connectivity index (χ3v) is 5.20. The van der Waals surface area contributed by atoms with Gasteiger partial charge in [-0.15, -0.1) is 0 Å². The van der Waals surface area contributed by atoms with Gasteiger partial charge in [0.05, 0.1) is 6.61 Å². The van der Waals surface area contributed by atoms with E-state index in [0.29, 0.717) is 28.9 Å². The third kappa shape index (κ3) is 2.68. The van der Waals surface area contributed by atoms with Crippen molar-refractivity contribution in [3.05, 3.63) is 47.5 Å². The van der Waals surface area contributed by atoms with Crippen molar-refractivity contribution in [3.63, 3.8) is 0 Å². The number of benzene rings is 2. The van der Waals surface area contributed by atoms with Crippen LogP contribution in [0.5, 0.6) is 5.75 Å². The van der Waals surface area contributed by atoms with Crippen molar-refractivity contribution in [1.29, 1.82) is 0 Å². The highest BCUT2D eigenvalue weighted by molar-refractivity contribution is 6.06. The van der Waals surface area contributed by atoms with Gasteiger partial charge in [-0.25, -0.2) is 4.39 Å². The molecule has 0 bridgehead atoms. The maximum Gasteiger partial charge on any atom is 0.208 e. The molecule has 1 atom stereocenters. The summed E-state index contributed by atoms with van der Waals surface area (Å²) in [6.45, 7) is 4.31. The Morgan fingerprint density at radius 3 is 2.50 bits per heavy atom. The Kier molecular flexibility index (Phi) is 4.43. The summed E-state index contributed by atoms with van der Waals surface area (Å²) in [5, 5.41) is 1.16. The summed E-state index contributed by atoms with van der Waals surface area (Å²) in [5.74, 6) is -0.267. The Morgan fingerprint density at radius 2 is 1.77 bits per heavy atom. The Bertz CT molecular complexity index is 1000. The standard InChI is InChI=1S/C22H22F2O2/c1-3-5-13-6-7-14(12-13)15-8-9-16-17-10-11-18(25-4-2)20(24)22(17)26-21(16)19(15)23/h7-11,13H,3-6,12H2,1-2H3. The van der Waals surface area contributed by atoms with Gasteiger partial charge < -0.3 is 9.15 Å². The molecule has 0 N–H and O–H groups in total. The second kappa shape index (κ2) is 6.75. The van der Waals surface area contributed by atoms with Crippen LogP contribution in [0.25, 0.3) is 27.5 Å². The van der Waals surface area contributed by atoms with E-state index in [1.54, 1.807) is 25.1 Å². The molecule has 136 valence electrons. The summed E-state index contributed by atoms with van der Waals surface area (Å²) in [6, 6.07) is 6.91. The predicted octanol–water partition coefficient (Wildman–Crippen LogP) is 6.86.